The number of rotatable bonds is 7. The van der Waals surface area contributed by atoms with Crippen molar-refractivity contribution in [2.75, 3.05) is 19.5 Å². The first-order chi connectivity index (χ1) is 14.0. The van der Waals surface area contributed by atoms with Gasteiger partial charge in [0.2, 0.25) is 0 Å². The molecule has 0 unspecified atom stereocenters. The van der Waals surface area contributed by atoms with Crippen molar-refractivity contribution in [3.05, 3.63) is 82.9 Å². The van der Waals surface area contributed by atoms with Crippen LogP contribution in [0, 0.1) is 13.8 Å². The molecular weight excluding hydrogens is 366 g/mol. The minimum atomic E-state index is -0.179. The van der Waals surface area contributed by atoms with Gasteiger partial charge in [-0.05, 0) is 79.6 Å². The zero-order valence-electron chi connectivity index (χ0n) is 17.1. The maximum absolute atomic E-state index is 12.7. The van der Waals surface area contributed by atoms with Gasteiger partial charge in [0.25, 0.3) is 5.91 Å². The molecule has 0 bridgehead atoms. The van der Waals surface area contributed by atoms with Crippen molar-refractivity contribution in [3.8, 4) is 17.2 Å². The second-order valence-corrected chi connectivity index (χ2v) is 6.74. The first-order valence-corrected chi connectivity index (χ1v) is 9.32. The molecule has 0 aliphatic heterocycles. The van der Waals surface area contributed by atoms with Crippen LogP contribution < -0.4 is 19.5 Å². The maximum atomic E-state index is 12.7. The molecule has 0 radical (unpaired) electrons. The highest BCUT2D eigenvalue weighted by atomic mass is 16.5. The Morgan fingerprint density at radius 2 is 1.55 bits per heavy atom. The van der Waals surface area contributed by atoms with Crippen molar-refractivity contribution >= 4 is 11.6 Å². The Balaban J connectivity index is 1.74. The molecule has 0 aliphatic rings. The summed E-state index contributed by atoms with van der Waals surface area (Å²) in [7, 11) is 3.22. The van der Waals surface area contributed by atoms with Gasteiger partial charge in [0.1, 0.15) is 23.9 Å². The average molecular weight is 391 g/mol. The Morgan fingerprint density at radius 1 is 0.828 bits per heavy atom. The Hall–Kier alpha value is -3.47. The number of ether oxygens (including phenoxy) is 3. The Morgan fingerprint density at radius 3 is 2.21 bits per heavy atom. The summed E-state index contributed by atoms with van der Waals surface area (Å²) >= 11 is 0. The molecule has 29 heavy (non-hydrogen) atoms. The summed E-state index contributed by atoms with van der Waals surface area (Å²) in [5.74, 6) is 1.96. The third-order valence-corrected chi connectivity index (χ3v) is 4.76. The normalized spacial score (nSPS) is 10.3. The molecule has 0 fully saturated rings. The zero-order chi connectivity index (χ0) is 20.8. The van der Waals surface area contributed by atoms with Gasteiger partial charge in [-0.1, -0.05) is 6.07 Å². The largest absolute Gasteiger partial charge is 0.497 e. The standard InChI is InChI=1S/C24H25NO4/c1-16-5-7-20(13-17(16)2)25-24(26)18-6-12-23(28-4)19(14-18)15-29-22-10-8-21(27-3)9-11-22/h5-14H,15H2,1-4H3,(H,25,26). The zero-order valence-corrected chi connectivity index (χ0v) is 17.1. The first-order valence-electron chi connectivity index (χ1n) is 9.32. The quantitative estimate of drug-likeness (QED) is 0.605. The predicted molar refractivity (Wildman–Crippen MR) is 114 cm³/mol. The van der Waals surface area contributed by atoms with Crippen molar-refractivity contribution in [3.63, 3.8) is 0 Å². The number of aryl methyl sites for hydroxylation is 2. The van der Waals surface area contributed by atoms with E-state index in [1.807, 2.05) is 56.3 Å². The van der Waals surface area contributed by atoms with E-state index in [1.165, 1.54) is 5.56 Å². The second-order valence-electron chi connectivity index (χ2n) is 6.74. The highest BCUT2D eigenvalue weighted by Crippen LogP contribution is 2.24. The van der Waals surface area contributed by atoms with Crippen LogP contribution in [0.3, 0.4) is 0 Å². The van der Waals surface area contributed by atoms with Crippen LogP contribution >= 0.6 is 0 Å². The highest BCUT2D eigenvalue weighted by molar-refractivity contribution is 6.04. The molecule has 0 saturated heterocycles. The van der Waals surface area contributed by atoms with E-state index in [0.29, 0.717) is 17.1 Å². The Kier molecular flexibility index (Phi) is 6.39. The van der Waals surface area contributed by atoms with Crippen LogP contribution in [0.2, 0.25) is 0 Å². The molecule has 1 N–H and O–H groups in total. The van der Waals surface area contributed by atoms with Crippen LogP contribution in [0.25, 0.3) is 0 Å². The van der Waals surface area contributed by atoms with E-state index in [4.69, 9.17) is 14.2 Å². The van der Waals surface area contributed by atoms with Gasteiger partial charge < -0.3 is 19.5 Å². The molecule has 1 amide bonds. The average Bonchev–Trinajstić information content (AvgIpc) is 2.75. The van der Waals surface area contributed by atoms with E-state index in [1.54, 1.807) is 32.4 Å². The number of nitrogens with one attached hydrogen (secondary N) is 1. The molecule has 5 nitrogen and oxygen atoms in total. The fourth-order valence-corrected chi connectivity index (χ4v) is 2.89. The molecule has 0 heterocycles. The summed E-state index contributed by atoms with van der Waals surface area (Å²) in [6.07, 6.45) is 0. The van der Waals surface area contributed by atoms with Gasteiger partial charge in [-0.25, -0.2) is 0 Å². The fraction of sp³-hybridized carbons (Fsp3) is 0.208. The predicted octanol–water partition coefficient (Wildman–Crippen LogP) is 5.15. The highest BCUT2D eigenvalue weighted by Gasteiger charge is 2.12. The van der Waals surface area contributed by atoms with Crippen LogP contribution in [0.4, 0.5) is 5.69 Å². The lowest BCUT2D eigenvalue weighted by molar-refractivity contribution is 0.102. The monoisotopic (exact) mass is 391 g/mol. The lowest BCUT2D eigenvalue weighted by atomic mass is 10.1. The van der Waals surface area contributed by atoms with Crippen LogP contribution in [0.5, 0.6) is 17.2 Å². The van der Waals surface area contributed by atoms with E-state index in [2.05, 4.69) is 5.32 Å². The topological polar surface area (TPSA) is 56.8 Å². The molecule has 0 saturated carbocycles. The molecule has 3 aromatic carbocycles. The van der Waals surface area contributed by atoms with Gasteiger partial charge in [-0.15, -0.1) is 0 Å². The van der Waals surface area contributed by atoms with Crippen LogP contribution in [0.1, 0.15) is 27.0 Å². The number of hydrogen-bond donors (Lipinski definition) is 1. The lowest BCUT2D eigenvalue weighted by Crippen LogP contribution is -2.13. The van der Waals surface area contributed by atoms with Crippen LogP contribution in [0.15, 0.2) is 60.7 Å². The molecule has 3 aromatic rings. The fourth-order valence-electron chi connectivity index (χ4n) is 2.89. The van der Waals surface area contributed by atoms with Gasteiger partial charge in [-0.2, -0.15) is 0 Å². The van der Waals surface area contributed by atoms with Crippen molar-refractivity contribution in [2.45, 2.75) is 20.5 Å². The minimum Gasteiger partial charge on any atom is -0.497 e. The number of hydrogen-bond acceptors (Lipinski definition) is 4. The number of amides is 1. The van der Waals surface area contributed by atoms with E-state index in [0.717, 1.165) is 22.6 Å². The van der Waals surface area contributed by atoms with Crippen LogP contribution in [-0.4, -0.2) is 20.1 Å². The SMILES string of the molecule is COc1ccc(OCc2cc(C(=O)Nc3ccc(C)c(C)c3)ccc2OC)cc1. The van der Waals surface area contributed by atoms with Gasteiger partial charge in [0.05, 0.1) is 14.2 Å². The molecule has 0 aliphatic carbocycles. The van der Waals surface area contributed by atoms with Gasteiger partial charge in [0.15, 0.2) is 0 Å². The van der Waals surface area contributed by atoms with E-state index >= 15 is 0 Å². The molecule has 5 heteroatoms. The maximum Gasteiger partial charge on any atom is 0.255 e. The molecular formula is C24H25NO4. The molecule has 0 atom stereocenters. The van der Waals surface area contributed by atoms with E-state index in [-0.39, 0.29) is 12.5 Å². The molecule has 0 spiro atoms. The van der Waals surface area contributed by atoms with Gasteiger partial charge >= 0.3 is 0 Å². The number of anilines is 1. The third-order valence-electron chi connectivity index (χ3n) is 4.76. The molecule has 3 rings (SSSR count). The second kappa shape index (κ2) is 9.15. The number of carbonyl (C=O) groups excluding carboxylic acids is 1. The number of methoxy groups -OCH3 is 2. The summed E-state index contributed by atoms with van der Waals surface area (Å²) in [4.78, 5) is 12.7. The van der Waals surface area contributed by atoms with Crippen molar-refractivity contribution in [2.24, 2.45) is 0 Å². The number of benzene rings is 3. The lowest BCUT2D eigenvalue weighted by Gasteiger charge is -2.13. The van der Waals surface area contributed by atoms with Crippen molar-refractivity contribution < 1.29 is 19.0 Å². The van der Waals surface area contributed by atoms with Crippen molar-refractivity contribution in [1.82, 2.24) is 0 Å². The minimum absolute atomic E-state index is 0.179. The van der Waals surface area contributed by atoms with Gasteiger partial charge in [0, 0.05) is 16.8 Å². The number of carbonyl (C=O) groups is 1. The smallest absolute Gasteiger partial charge is 0.255 e. The van der Waals surface area contributed by atoms with E-state index < -0.39 is 0 Å². The summed E-state index contributed by atoms with van der Waals surface area (Å²) in [5.41, 5.74) is 4.41. The summed E-state index contributed by atoms with van der Waals surface area (Å²) in [6, 6.07) is 18.5. The van der Waals surface area contributed by atoms with Crippen molar-refractivity contribution in [1.29, 1.82) is 0 Å². The summed E-state index contributed by atoms with van der Waals surface area (Å²) in [6.45, 7) is 4.34. The Labute approximate surface area is 171 Å². The first kappa shape index (κ1) is 20.3. The molecule has 0 aromatic heterocycles. The van der Waals surface area contributed by atoms with E-state index in [9.17, 15) is 4.79 Å². The Bertz CT molecular complexity index is 996. The van der Waals surface area contributed by atoms with Gasteiger partial charge in [-0.3, -0.25) is 4.79 Å². The summed E-state index contributed by atoms with van der Waals surface area (Å²) in [5, 5.41) is 2.94. The third kappa shape index (κ3) is 5.08. The van der Waals surface area contributed by atoms with Crippen LogP contribution in [-0.2, 0) is 6.61 Å². The summed E-state index contributed by atoms with van der Waals surface area (Å²) < 4.78 is 16.4. The molecule has 150 valence electrons.